The normalized spacial score (nSPS) is 15.2. The van der Waals surface area contributed by atoms with Crippen molar-refractivity contribution in [3.8, 4) is 0 Å². The first-order chi connectivity index (χ1) is 22.3. The van der Waals surface area contributed by atoms with Gasteiger partial charge in [0.2, 0.25) is 11.8 Å². The zero-order valence-corrected chi connectivity index (χ0v) is 33.8. The molecule has 0 aromatic heterocycles. The molecule has 0 heterocycles. The van der Waals surface area contributed by atoms with E-state index in [0.717, 1.165) is 57.9 Å². The van der Waals surface area contributed by atoms with Gasteiger partial charge >= 0.3 is 0 Å². The van der Waals surface area contributed by atoms with Gasteiger partial charge in [-0.25, -0.2) is 0 Å². The van der Waals surface area contributed by atoms with Crippen LogP contribution in [0.15, 0.2) is 0 Å². The van der Waals surface area contributed by atoms with Crippen molar-refractivity contribution in [1.29, 1.82) is 0 Å². The van der Waals surface area contributed by atoms with E-state index in [2.05, 4.69) is 76.3 Å². The minimum Gasteiger partial charge on any atom is -0.352 e. The Labute approximate surface area is 295 Å². The number of hydrogen-bond donors (Lipinski definition) is 1. The molecule has 0 atom stereocenters. The van der Waals surface area contributed by atoms with Crippen molar-refractivity contribution in [1.82, 2.24) is 15.1 Å². The lowest BCUT2D eigenvalue weighted by molar-refractivity contribution is -0.157. The Hall–Kier alpha value is -0.790. The Bertz CT molecular complexity index is 802. The fourth-order valence-electron chi connectivity index (χ4n) is 6.63. The van der Waals surface area contributed by atoms with Crippen molar-refractivity contribution in [2.24, 2.45) is 5.92 Å². The van der Waals surface area contributed by atoms with Gasteiger partial charge in [-0.1, -0.05) is 137 Å². The van der Waals surface area contributed by atoms with Gasteiger partial charge in [0, 0.05) is 23.8 Å². The average molecular weight is 684 g/mol. The molecule has 1 saturated carbocycles. The predicted octanol–water partition coefficient (Wildman–Crippen LogP) is 10.3. The molecule has 0 bridgehead atoms. The molecule has 1 rings (SSSR count). The molecule has 0 saturated heterocycles. The Morgan fingerprint density at radius 3 is 1.62 bits per heavy atom. The van der Waals surface area contributed by atoms with E-state index in [-0.39, 0.29) is 22.5 Å². The maximum absolute atomic E-state index is 14.6. The molecule has 1 N–H and O–H groups in total. The number of rotatable bonds is 29. The van der Waals surface area contributed by atoms with Crippen molar-refractivity contribution in [2.45, 2.75) is 186 Å². The van der Waals surface area contributed by atoms with Crippen molar-refractivity contribution < 1.29 is 13.8 Å². The van der Waals surface area contributed by atoms with Crippen LogP contribution in [0.1, 0.15) is 176 Å². The molecule has 1 fully saturated rings. The molecule has 0 aliphatic heterocycles. The summed E-state index contributed by atoms with van der Waals surface area (Å²) < 4.78 is 6.40. The van der Waals surface area contributed by atoms with Crippen molar-refractivity contribution >= 4 is 22.1 Å². The van der Waals surface area contributed by atoms with E-state index in [1.165, 1.54) is 89.9 Å². The SMILES string of the molecule is CCCCCCCCCCC(CCCCCCCCCC)C(=O)N(CCCN(C)C)C1(C(=O)NCCOS(C)(C)C(C)(C)C)CCC1. The molecule has 0 unspecified atom stereocenters. The van der Waals surface area contributed by atoms with Gasteiger partial charge < -0.3 is 19.3 Å². The van der Waals surface area contributed by atoms with Crippen LogP contribution in [0.2, 0.25) is 0 Å². The van der Waals surface area contributed by atoms with E-state index >= 15 is 0 Å². The highest BCUT2D eigenvalue weighted by atomic mass is 32.3. The van der Waals surface area contributed by atoms with E-state index in [0.29, 0.717) is 19.7 Å². The Balaban J connectivity index is 2.97. The Kier molecular flexibility index (Phi) is 22.9. The summed E-state index contributed by atoms with van der Waals surface area (Å²) in [6.45, 7) is 13.8. The highest BCUT2D eigenvalue weighted by Crippen LogP contribution is 2.53. The van der Waals surface area contributed by atoms with Crippen LogP contribution in [-0.2, 0) is 13.8 Å². The smallest absolute Gasteiger partial charge is 0.246 e. The second kappa shape index (κ2) is 24.4. The van der Waals surface area contributed by atoms with E-state index in [4.69, 9.17) is 4.18 Å². The second-order valence-corrected chi connectivity index (χ2v) is 20.1. The number of hydrogen-bond acceptors (Lipinski definition) is 4. The number of nitrogens with one attached hydrogen (secondary N) is 1. The molecule has 0 aromatic rings. The lowest BCUT2D eigenvalue weighted by atomic mass is 9.73. The predicted molar refractivity (Wildman–Crippen MR) is 208 cm³/mol. The van der Waals surface area contributed by atoms with Gasteiger partial charge in [0.15, 0.2) is 0 Å². The van der Waals surface area contributed by atoms with E-state index in [9.17, 15) is 9.59 Å². The second-order valence-electron chi connectivity index (χ2n) is 16.2. The molecule has 280 valence electrons. The maximum Gasteiger partial charge on any atom is 0.246 e. The third-order valence-electron chi connectivity index (χ3n) is 10.8. The maximum atomic E-state index is 14.6. The number of unbranched alkanes of at least 4 members (excludes halogenated alkanes) is 14. The molecular weight excluding hydrogens is 603 g/mol. The highest BCUT2D eigenvalue weighted by molar-refractivity contribution is 8.29. The van der Waals surface area contributed by atoms with Gasteiger partial charge in [-0.2, -0.15) is 0 Å². The molecule has 7 heteroatoms. The minimum atomic E-state index is -1.24. The summed E-state index contributed by atoms with van der Waals surface area (Å²) in [5.41, 5.74) is -0.702. The monoisotopic (exact) mass is 684 g/mol. The van der Waals surface area contributed by atoms with Crippen LogP contribution in [0, 0.1) is 5.92 Å². The van der Waals surface area contributed by atoms with E-state index in [1.807, 2.05) is 0 Å². The van der Waals surface area contributed by atoms with Gasteiger partial charge in [-0.05, 0) is 71.7 Å². The number of carbonyl (C=O) groups excluding carboxylic acids is 2. The summed E-state index contributed by atoms with van der Waals surface area (Å²) >= 11 is 0. The zero-order valence-electron chi connectivity index (χ0n) is 33.0. The van der Waals surface area contributed by atoms with E-state index in [1.54, 1.807) is 0 Å². The summed E-state index contributed by atoms with van der Waals surface area (Å²) in [6.07, 6.45) is 30.3. The van der Waals surface area contributed by atoms with E-state index < -0.39 is 15.8 Å². The van der Waals surface area contributed by atoms with Crippen LogP contribution in [0.25, 0.3) is 0 Å². The van der Waals surface area contributed by atoms with Crippen LogP contribution in [0.3, 0.4) is 0 Å². The summed E-state index contributed by atoms with van der Waals surface area (Å²) in [7, 11) is 2.94. The van der Waals surface area contributed by atoms with Crippen molar-refractivity contribution in [2.75, 3.05) is 52.8 Å². The first kappa shape index (κ1) is 44.2. The fraction of sp³-hybridized carbons (Fsp3) is 0.950. The topological polar surface area (TPSA) is 61.9 Å². The third kappa shape index (κ3) is 17.1. The van der Waals surface area contributed by atoms with Gasteiger partial charge in [-0.15, -0.1) is 10.3 Å². The molecule has 0 radical (unpaired) electrons. The molecule has 0 spiro atoms. The minimum absolute atomic E-state index is 0.0272. The van der Waals surface area contributed by atoms with Crippen LogP contribution >= 0.6 is 10.3 Å². The molecular formula is C40H81N3O3S. The standard InChI is InChI=1S/C40H81N3O3S/c1-10-12-14-16-18-20-22-24-28-36(29-25-23-21-19-17-15-13-11-2)37(44)43(34-27-33-42(6)7)40(30-26-31-40)38(45)41-32-35-46-47(8,9)39(3,4)5/h36H,10-35H2,1-9H3,(H,41,45). The van der Waals surface area contributed by atoms with Crippen LogP contribution in [0.5, 0.6) is 0 Å². The largest absolute Gasteiger partial charge is 0.352 e. The zero-order chi connectivity index (χ0) is 35.2. The quantitative estimate of drug-likeness (QED) is 0.0797. The molecule has 0 aromatic carbocycles. The number of amides is 2. The summed E-state index contributed by atoms with van der Waals surface area (Å²) in [6, 6.07) is 0. The van der Waals surface area contributed by atoms with Gasteiger partial charge in [0.05, 0.1) is 6.61 Å². The molecule has 1 aliphatic carbocycles. The first-order valence-electron chi connectivity index (χ1n) is 19.9. The van der Waals surface area contributed by atoms with Gasteiger partial charge in [-0.3, -0.25) is 9.59 Å². The molecule has 2 amide bonds. The van der Waals surface area contributed by atoms with Crippen LogP contribution in [-0.4, -0.2) is 84.7 Å². The summed E-state index contributed by atoms with van der Waals surface area (Å²) in [4.78, 5) is 32.9. The van der Waals surface area contributed by atoms with Crippen molar-refractivity contribution in [3.05, 3.63) is 0 Å². The van der Waals surface area contributed by atoms with Gasteiger partial charge in [0.1, 0.15) is 5.54 Å². The number of carbonyl (C=O) groups is 2. The third-order valence-corrected chi connectivity index (χ3v) is 14.5. The highest BCUT2D eigenvalue weighted by Gasteiger charge is 2.51. The summed E-state index contributed by atoms with van der Waals surface area (Å²) in [5, 5.41) is 3.23. The van der Waals surface area contributed by atoms with Gasteiger partial charge in [0.25, 0.3) is 0 Å². The Morgan fingerprint density at radius 1 is 0.745 bits per heavy atom. The van der Waals surface area contributed by atoms with Crippen LogP contribution < -0.4 is 5.32 Å². The Morgan fingerprint density at radius 2 is 1.21 bits per heavy atom. The van der Waals surface area contributed by atoms with Crippen LogP contribution in [0.4, 0.5) is 0 Å². The fourth-order valence-corrected chi connectivity index (χ4v) is 7.48. The van der Waals surface area contributed by atoms with Crippen molar-refractivity contribution in [3.63, 3.8) is 0 Å². The molecule has 47 heavy (non-hydrogen) atoms. The first-order valence-corrected chi connectivity index (χ1v) is 22.3. The average Bonchev–Trinajstić information content (AvgIpc) is 2.98. The lowest BCUT2D eigenvalue weighted by Gasteiger charge is -2.50. The summed E-state index contributed by atoms with van der Waals surface area (Å²) in [5.74, 6) is 0.311. The molecule has 6 nitrogen and oxygen atoms in total. The number of nitrogens with zero attached hydrogens (tertiary/aromatic N) is 2. The lowest BCUT2D eigenvalue weighted by Crippen LogP contribution is -2.65. The molecule has 1 aliphatic rings.